The second kappa shape index (κ2) is 9.64. The van der Waals surface area contributed by atoms with Crippen LogP contribution in [0.15, 0.2) is 36.4 Å². The molecule has 1 heterocycles. The van der Waals surface area contributed by atoms with Crippen molar-refractivity contribution < 1.29 is 14.3 Å². The molecule has 1 amide bonds. The summed E-state index contributed by atoms with van der Waals surface area (Å²) < 4.78 is 11.6. The van der Waals surface area contributed by atoms with Crippen LogP contribution < -0.4 is 14.8 Å². The Hall–Kier alpha value is -3.04. The van der Waals surface area contributed by atoms with Gasteiger partial charge < -0.3 is 14.8 Å². The Morgan fingerprint density at radius 1 is 1.27 bits per heavy atom. The first kappa shape index (κ1) is 21.7. The SMILES string of the molecule is CNC(=O)C1CN(Cc2ccc(OCc3ccc(OC(C)C)c(C#N)c3)cc2C)C1. The van der Waals surface area contributed by atoms with E-state index in [0.717, 1.165) is 36.5 Å². The number of nitriles is 1. The van der Waals surface area contributed by atoms with Crippen molar-refractivity contribution in [2.24, 2.45) is 5.92 Å². The Bertz CT molecular complexity index is 943. The van der Waals surface area contributed by atoms with Gasteiger partial charge in [-0.3, -0.25) is 9.69 Å². The highest BCUT2D eigenvalue weighted by Gasteiger charge is 2.31. The lowest BCUT2D eigenvalue weighted by atomic mass is 9.97. The first-order chi connectivity index (χ1) is 14.4. The van der Waals surface area contributed by atoms with E-state index in [1.807, 2.05) is 44.2 Å². The topological polar surface area (TPSA) is 74.6 Å². The number of nitrogens with zero attached hydrogens (tertiary/aromatic N) is 2. The molecule has 158 valence electrons. The molecule has 0 atom stereocenters. The Morgan fingerprint density at radius 3 is 2.67 bits per heavy atom. The third-order valence-electron chi connectivity index (χ3n) is 5.21. The molecule has 0 aromatic heterocycles. The molecule has 0 unspecified atom stereocenters. The minimum Gasteiger partial charge on any atom is -0.490 e. The van der Waals surface area contributed by atoms with E-state index in [9.17, 15) is 10.1 Å². The fraction of sp³-hybridized carbons (Fsp3) is 0.417. The molecule has 3 rings (SSSR count). The summed E-state index contributed by atoms with van der Waals surface area (Å²) in [7, 11) is 1.68. The number of nitrogens with one attached hydrogen (secondary N) is 1. The molecular weight excluding hydrogens is 378 g/mol. The second-order valence-corrected chi connectivity index (χ2v) is 7.99. The van der Waals surface area contributed by atoms with Crippen molar-refractivity contribution in [3.8, 4) is 17.6 Å². The molecule has 0 spiro atoms. The lowest BCUT2D eigenvalue weighted by molar-refractivity contribution is -0.129. The number of hydrogen-bond donors (Lipinski definition) is 1. The standard InChI is InChI=1S/C24H29N3O3/c1-16(2)30-23-8-5-18(10-20(23)11-25)15-29-22-7-6-19(17(3)9-22)12-27-13-21(14-27)24(28)26-4/h5-10,16,21H,12-15H2,1-4H3,(H,26,28). The molecule has 1 fully saturated rings. The van der Waals surface area contributed by atoms with Crippen molar-refractivity contribution in [3.63, 3.8) is 0 Å². The van der Waals surface area contributed by atoms with Gasteiger partial charge in [0.2, 0.25) is 5.91 Å². The minimum atomic E-state index is 0.0200. The van der Waals surface area contributed by atoms with Gasteiger partial charge in [0.05, 0.1) is 17.6 Å². The van der Waals surface area contributed by atoms with E-state index in [4.69, 9.17) is 9.47 Å². The molecule has 2 aromatic carbocycles. The van der Waals surface area contributed by atoms with Crippen LogP contribution in [0.2, 0.25) is 0 Å². The molecule has 6 heteroatoms. The van der Waals surface area contributed by atoms with E-state index in [2.05, 4.69) is 29.3 Å². The zero-order valence-electron chi connectivity index (χ0n) is 18.1. The normalized spacial score (nSPS) is 14.1. The first-order valence-corrected chi connectivity index (χ1v) is 10.3. The van der Waals surface area contributed by atoms with E-state index in [-0.39, 0.29) is 17.9 Å². The monoisotopic (exact) mass is 407 g/mol. The lowest BCUT2D eigenvalue weighted by Gasteiger charge is -2.38. The van der Waals surface area contributed by atoms with Crippen molar-refractivity contribution >= 4 is 5.91 Å². The smallest absolute Gasteiger partial charge is 0.225 e. The Balaban J connectivity index is 1.56. The Labute approximate surface area is 178 Å². The molecule has 1 aliphatic rings. The van der Waals surface area contributed by atoms with E-state index in [1.165, 1.54) is 5.56 Å². The van der Waals surface area contributed by atoms with Gasteiger partial charge in [0, 0.05) is 26.7 Å². The lowest BCUT2D eigenvalue weighted by Crippen LogP contribution is -2.52. The number of aryl methyl sites for hydroxylation is 1. The molecule has 0 radical (unpaired) electrons. The highest BCUT2D eigenvalue weighted by molar-refractivity contribution is 5.79. The molecule has 0 aliphatic carbocycles. The van der Waals surface area contributed by atoms with Crippen molar-refractivity contribution in [1.29, 1.82) is 5.26 Å². The van der Waals surface area contributed by atoms with Crippen molar-refractivity contribution in [2.75, 3.05) is 20.1 Å². The molecular formula is C24H29N3O3. The number of amides is 1. The molecule has 30 heavy (non-hydrogen) atoms. The summed E-state index contributed by atoms with van der Waals surface area (Å²) in [5.74, 6) is 1.62. The number of rotatable bonds is 8. The maximum Gasteiger partial charge on any atom is 0.225 e. The molecule has 6 nitrogen and oxygen atoms in total. The minimum absolute atomic E-state index is 0.0200. The molecule has 0 saturated carbocycles. The van der Waals surface area contributed by atoms with Gasteiger partial charge in [-0.25, -0.2) is 0 Å². The van der Waals surface area contributed by atoms with Crippen LogP contribution >= 0.6 is 0 Å². The Morgan fingerprint density at radius 2 is 2.03 bits per heavy atom. The van der Waals surface area contributed by atoms with Crippen LogP contribution in [-0.4, -0.2) is 37.0 Å². The number of likely N-dealkylation sites (tertiary alicyclic amines) is 1. The second-order valence-electron chi connectivity index (χ2n) is 7.99. The van der Waals surface area contributed by atoms with Crippen LogP contribution in [-0.2, 0) is 17.9 Å². The van der Waals surface area contributed by atoms with Crippen LogP contribution in [0.3, 0.4) is 0 Å². The molecule has 0 bridgehead atoms. The molecule has 1 saturated heterocycles. The number of carbonyl (C=O) groups excluding carboxylic acids is 1. The van der Waals surface area contributed by atoms with Gasteiger partial charge in [0.25, 0.3) is 0 Å². The third-order valence-corrected chi connectivity index (χ3v) is 5.21. The van der Waals surface area contributed by atoms with Crippen molar-refractivity contribution in [3.05, 3.63) is 58.7 Å². The third kappa shape index (κ3) is 5.31. The molecule has 2 aromatic rings. The van der Waals surface area contributed by atoms with E-state index in [1.54, 1.807) is 7.05 Å². The first-order valence-electron chi connectivity index (χ1n) is 10.3. The summed E-state index contributed by atoms with van der Waals surface area (Å²) in [5, 5.41) is 12.1. The highest BCUT2D eigenvalue weighted by Crippen LogP contribution is 2.25. The van der Waals surface area contributed by atoms with Crippen molar-refractivity contribution in [1.82, 2.24) is 10.2 Å². The predicted molar refractivity (Wildman–Crippen MR) is 115 cm³/mol. The summed E-state index contributed by atoms with van der Waals surface area (Å²) in [4.78, 5) is 13.9. The summed E-state index contributed by atoms with van der Waals surface area (Å²) in [6.07, 6.45) is 0.0200. The fourth-order valence-electron chi connectivity index (χ4n) is 3.52. The highest BCUT2D eigenvalue weighted by atomic mass is 16.5. The Kier molecular flexibility index (Phi) is 6.96. The molecule has 1 N–H and O–H groups in total. The van der Waals surface area contributed by atoms with Crippen LogP contribution in [0.4, 0.5) is 0 Å². The van der Waals surface area contributed by atoms with E-state index in [0.29, 0.717) is 17.9 Å². The zero-order valence-corrected chi connectivity index (χ0v) is 18.1. The quantitative estimate of drug-likeness (QED) is 0.726. The van der Waals surface area contributed by atoms with Gasteiger partial charge in [-0.1, -0.05) is 12.1 Å². The number of ether oxygens (including phenoxy) is 2. The van der Waals surface area contributed by atoms with E-state index >= 15 is 0 Å². The fourth-order valence-corrected chi connectivity index (χ4v) is 3.52. The van der Waals surface area contributed by atoms with Crippen LogP contribution in [0, 0.1) is 24.2 Å². The van der Waals surface area contributed by atoms with E-state index < -0.39 is 0 Å². The van der Waals surface area contributed by atoms with Gasteiger partial charge in [0.15, 0.2) is 0 Å². The summed E-state index contributed by atoms with van der Waals surface area (Å²) >= 11 is 0. The van der Waals surface area contributed by atoms with Gasteiger partial charge in [-0.05, 0) is 61.7 Å². The summed E-state index contributed by atoms with van der Waals surface area (Å²) in [6.45, 7) is 8.77. The number of carbonyl (C=O) groups is 1. The summed E-state index contributed by atoms with van der Waals surface area (Å²) in [5.41, 5.74) is 3.83. The average molecular weight is 408 g/mol. The zero-order chi connectivity index (χ0) is 21.7. The largest absolute Gasteiger partial charge is 0.490 e. The van der Waals surface area contributed by atoms with Gasteiger partial charge in [-0.15, -0.1) is 0 Å². The number of hydrogen-bond acceptors (Lipinski definition) is 5. The van der Waals surface area contributed by atoms with Crippen LogP contribution in [0.5, 0.6) is 11.5 Å². The van der Waals surface area contributed by atoms with Crippen LogP contribution in [0.1, 0.15) is 36.1 Å². The summed E-state index contributed by atoms with van der Waals surface area (Å²) in [6, 6.07) is 13.8. The average Bonchev–Trinajstić information content (AvgIpc) is 2.69. The van der Waals surface area contributed by atoms with Crippen LogP contribution in [0.25, 0.3) is 0 Å². The maximum absolute atomic E-state index is 11.6. The van der Waals surface area contributed by atoms with Crippen molar-refractivity contribution in [2.45, 2.75) is 40.0 Å². The van der Waals surface area contributed by atoms with Gasteiger partial charge in [0.1, 0.15) is 24.2 Å². The molecule has 1 aliphatic heterocycles. The predicted octanol–water partition coefficient (Wildman–Crippen LogP) is 3.41. The van der Waals surface area contributed by atoms with Gasteiger partial charge in [-0.2, -0.15) is 5.26 Å². The number of benzene rings is 2. The van der Waals surface area contributed by atoms with Gasteiger partial charge >= 0.3 is 0 Å². The maximum atomic E-state index is 11.6.